The zero-order valence-corrected chi connectivity index (χ0v) is 15.6. The molecule has 0 N–H and O–H groups in total. The first-order valence-electron chi connectivity index (χ1n) is 8.56. The molecule has 0 saturated heterocycles. The summed E-state index contributed by atoms with van der Waals surface area (Å²) in [5.41, 5.74) is 2.46. The van der Waals surface area contributed by atoms with Crippen LogP contribution in [0.2, 0.25) is 5.15 Å². The van der Waals surface area contributed by atoms with Crippen LogP contribution in [-0.2, 0) is 4.74 Å². The van der Waals surface area contributed by atoms with Gasteiger partial charge in [0.05, 0.1) is 18.2 Å². The Morgan fingerprint density at radius 2 is 2.00 bits per heavy atom. The van der Waals surface area contributed by atoms with Crippen molar-refractivity contribution in [3.05, 3.63) is 58.5 Å². The topological polar surface area (TPSA) is 70.4 Å². The van der Waals surface area contributed by atoms with Gasteiger partial charge in [-0.3, -0.25) is 0 Å². The molecule has 1 aromatic carbocycles. The van der Waals surface area contributed by atoms with Gasteiger partial charge in [-0.2, -0.15) is 0 Å². The number of ether oxygens (including phenoxy) is 2. The van der Waals surface area contributed by atoms with E-state index in [9.17, 15) is 9.59 Å². The van der Waals surface area contributed by atoms with E-state index in [2.05, 4.69) is 9.55 Å². The van der Waals surface area contributed by atoms with Gasteiger partial charge in [-0.05, 0) is 50.1 Å². The number of nitrogens with zero attached hydrogens (tertiary/aromatic N) is 2. The fourth-order valence-corrected chi connectivity index (χ4v) is 3.54. The lowest BCUT2D eigenvalue weighted by molar-refractivity contribution is 0.0601. The summed E-state index contributed by atoms with van der Waals surface area (Å²) in [4.78, 5) is 28.6. The maximum Gasteiger partial charge on any atom is 0.346 e. The predicted octanol–water partition coefficient (Wildman–Crippen LogP) is 4.34. The second-order valence-electron chi connectivity index (χ2n) is 6.46. The second kappa shape index (κ2) is 6.70. The number of aromatic nitrogens is 2. The quantitative estimate of drug-likeness (QED) is 0.380. The molecule has 3 aromatic rings. The van der Waals surface area contributed by atoms with Crippen molar-refractivity contribution in [2.45, 2.75) is 25.8 Å². The van der Waals surface area contributed by atoms with Crippen molar-refractivity contribution >= 4 is 34.4 Å². The number of carbonyl (C=O) groups excluding carboxylic acids is 2. The number of fused-ring (bicyclic) bond motifs is 1. The van der Waals surface area contributed by atoms with Crippen LogP contribution in [0.4, 0.5) is 0 Å². The summed E-state index contributed by atoms with van der Waals surface area (Å²) in [7, 11) is 1.36. The highest BCUT2D eigenvalue weighted by molar-refractivity contribution is 6.32. The van der Waals surface area contributed by atoms with E-state index in [0.29, 0.717) is 22.7 Å². The van der Waals surface area contributed by atoms with Crippen LogP contribution in [0.1, 0.15) is 45.3 Å². The predicted molar refractivity (Wildman–Crippen MR) is 100 cm³/mol. The highest BCUT2D eigenvalue weighted by Gasteiger charge is 2.30. The van der Waals surface area contributed by atoms with Crippen molar-refractivity contribution in [1.29, 1.82) is 0 Å². The van der Waals surface area contributed by atoms with Crippen LogP contribution in [0.25, 0.3) is 10.9 Å². The number of pyridine rings is 1. The Bertz CT molecular complexity index is 1070. The molecule has 1 aliphatic carbocycles. The zero-order valence-electron chi connectivity index (χ0n) is 14.9. The fraction of sp³-hybridized carbons (Fsp3) is 0.250. The smallest absolute Gasteiger partial charge is 0.346 e. The van der Waals surface area contributed by atoms with E-state index >= 15 is 0 Å². The summed E-state index contributed by atoms with van der Waals surface area (Å²) >= 11 is 5.96. The van der Waals surface area contributed by atoms with Crippen LogP contribution in [0, 0.1) is 6.92 Å². The lowest BCUT2D eigenvalue weighted by Crippen LogP contribution is -2.09. The van der Waals surface area contributed by atoms with Crippen molar-refractivity contribution in [2.24, 2.45) is 0 Å². The minimum atomic E-state index is -0.606. The number of hydrogen-bond acceptors (Lipinski definition) is 5. The Morgan fingerprint density at radius 1 is 1.22 bits per heavy atom. The van der Waals surface area contributed by atoms with E-state index in [1.807, 2.05) is 13.0 Å². The molecule has 0 spiro atoms. The molecule has 1 fully saturated rings. The number of rotatable bonds is 4. The Hall–Kier alpha value is -2.86. The Labute approximate surface area is 160 Å². The van der Waals surface area contributed by atoms with E-state index in [1.54, 1.807) is 24.3 Å². The Balaban J connectivity index is 1.76. The summed E-state index contributed by atoms with van der Waals surface area (Å²) in [6, 6.07) is 8.82. The number of esters is 2. The first-order valence-corrected chi connectivity index (χ1v) is 8.94. The number of benzene rings is 1. The van der Waals surface area contributed by atoms with Gasteiger partial charge >= 0.3 is 11.9 Å². The van der Waals surface area contributed by atoms with Crippen LogP contribution in [0.5, 0.6) is 5.75 Å². The van der Waals surface area contributed by atoms with Crippen molar-refractivity contribution in [2.75, 3.05) is 7.11 Å². The van der Waals surface area contributed by atoms with E-state index in [0.717, 1.165) is 24.1 Å². The molecule has 7 heteroatoms. The number of hydrogen-bond donors (Lipinski definition) is 0. The van der Waals surface area contributed by atoms with Gasteiger partial charge in [0, 0.05) is 28.8 Å². The van der Waals surface area contributed by atoms with Crippen molar-refractivity contribution in [3.8, 4) is 5.75 Å². The number of carbonyl (C=O) groups is 2. The molecular weight excluding hydrogens is 368 g/mol. The molecule has 0 bridgehead atoms. The molecule has 6 nitrogen and oxygen atoms in total. The minimum Gasteiger partial charge on any atom is -0.465 e. The fourth-order valence-electron chi connectivity index (χ4n) is 3.35. The van der Waals surface area contributed by atoms with E-state index in [4.69, 9.17) is 21.1 Å². The number of methoxy groups -OCH3 is 1. The average molecular weight is 385 g/mol. The Morgan fingerprint density at radius 3 is 2.67 bits per heavy atom. The zero-order chi connectivity index (χ0) is 19.1. The molecule has 2 heterocycles. The molecule has 4 rings (SSSR count). The van der Waals surface area contributed by atoms with Crippen LogP contribution >= 0.6 is 11.6 Å². The van der Waals surface area contributed by atoms with Gasteiger partial charge in [0.2, 0.25) is 0 Å². The highest BCUT2D eigenvalue weighted by atomic mass is 35.5. The molecule has 2 aromatic heterocycles. The van der Waals surface area contributed by atoms with Gasteiger partial charge in [0.25, 0.3) is 0 Å². The van der Waals surface area contributed by atoms with Crippen molar-refractivity contribution in [1.82, 2.24) is 9.55 Å². The Kier molecular flexibility index (Phi) is 4.36. The number of halogens is 1. The van der Waals surface area contributed by atoms with E-state index in [1.165, 1.54) is 13.3 Å². The summed E-state index contributed by atoms with van der Waals surface area (Å²) in [6.07, 6.45) is 3.67. The van der Waals surface area contributed by atoms with Crippen LogP contribution in [-0.4, -0.2) is 28.6 Å². The molecule has 1 aliphatic rings. The first-order chi connectivity index (χ1) is 13.0. The lowest BCUT2D eigenvalue weighted by atomic mass is 10.1. The largest absolute Gasteiger partial charge is 0.465 e. The van der Waals surface area contributed by atoms with E-state index in [-0.39, 0.29) is 10.7 Å². The second-order valence-corrected chi connectivity index (χ2v) is 6.82. The molecule has 1 saturated carbocycles. The maximum absolute atomic E-state index is 12.4. The maximum atomic E-state index is 12.4. The monoisotopic (exact) mass is 384 g/mol. The first kappa shape index (κ1) is 17.5. The SMILES string of the molecule is COC(=O)c1c(C)n(C2CC2)c2ccc(OC(=O)c3cccnc3Cl)cc12. The van der Waals surface area contributed by atoms with Gasteiger partial charge in [-0.1, -0.05) is 11.6 Å². The van der Waals surface area contributed by atoms with Gasteiger partial charge in [0.15, 0.2) is 0 Å². The lowest BCUT2D eigenvalue weighted by Gasteiger charge is -2.07. The molecule has 27 heavy (non-hydrogen) atoms. The van der Waals surface area contributed by atoms with Crippen LogP contribution in [0.3, 0.4) is 0 Å². The standard InChI is InChI=1S/C20H17ClN2O4/c1-11-17(20(25)26-2)15-10-13(7-8-16(15)23(11)12-5-6-12)27-19(24)14-4-3-9-22-18(14)21/h3-4,7-10,12H,5-6H2,1-2H3. The van der Waals surface area contributed by atoms with Crippen LogP contribution < -0.4 is 4.74 Å². The third-order valence-corrected chi connectivity index (χ3v) is 5.01. The van der Waals surface area contributed by atoms with Crippen LogP contribution in [0.15, 0.2) is 36.5 Å². The van der Waals surface area contributed by atoms with Gasteiger partial charge in [-0.15, -0.1) is 0 Å². The molecule has 138 valence electrons. The van der Waals surface area contributed by atoms with Gasteiger partial charge < -0.3 is 14.0 Å². The molecular formula is C20H17ClN2O4. The molecule has 0 amide bonds. The average Bonchev–Trinajstić information content (AvgIpc) is 3.44. The summed E-state index contributed by atoms with van der Waals surface area (Å²) in [5, 5.41) is 0.781. The summed E-state index contributed by atoms with van der Waals surface area (Å²) < 4.78 is 12.6. The normalized spacial score (nSPS) is 13.6. The van der Waals surface area contributed by atoms with E-state index < -0.39 is 11.9 Å². The molecule has 0 aliphatic heterocycles. The summed E-state index contributed by atoms with van der Waals surface area (Å²) in [5.74, 6) is -0.688. The summed E-state index contributed by atoms with van der Waals surface area (Å²) in [6.45, 7) is 1.91. The van der Waals surface area contributed by atoms with Crippen molar-refractivity contribution < 1.29 is 19.1 Å². The third kappa shape index (κ3) is 3.06. The molecule has 0 unspecified atom stereocenters. The molecule has 0 radical (unpaired) electrons. The molecule has 0 atom stereocenters. The third-order valence-electron chi connectivity index (χ3n) is 4.71. The van der Waals surface area contributed by atoms with Crippen molar-refractivity contribution in [3.63, 3.8) is 0 Å². The van der Waals surface area contributed by atoms with Gasteiger partial charge in [0.1, 0.15) is 10.9 Å². The highest BCUT2D eigenvalue weighted by Crippen LogP contribution is 2.42. The minimum absolute atomic E-state index is 0.0783. The van der Waals surface area contributed by atoms with Gasteiger partial charge in [-0.25, -0.2) is 14.6 Å².